The Kier molecular flexibility index (Phi) is 5.24. The summed E-state index contributed by atoms with van der Waals surface area (Å²) in [5.74, 6) is 1.14. The number of anilines is 1. The van der Waals surface area contributed by atoms with Gasteiger partial charge in [0.1, 0.15) is 29.8 Å². The van der Waals surface area contributed by atoms with Gasteiger partial charge in [0.15, 0.2) is 0 Å². The van der Waals surface area contributed by atoms with Crippen molar-refractivity contribution in [1.29, 1.82) is 0 Å². The number of benzene rings is 1. The highest BCUT2D eigenvalue weighted by Crippen LogP contribution is 2.37. The number of aryl methyl sites for hydroxylation is 1. The van der Waals surface area contributed by atoms with E-state index in [1.807, 2.05) is 23.9 Å². The van der Waals surface area contributed by atoms with Crippen LogP contribution in [-0.4, -0.2) is 25.9 Å². The molecule has 0 amide bonds. The average Bonchev–Trinajstić information content (AvgIpc) is 3.30. The SMILES string of the molecule is Cn1nccc1[C@H]1CCC[C@@H]1Oc1ccc(SNc2ccncn2)c(F)c1. The molecule has 0 unspecified atom stereocenters. The Morgan fingerprint density at radius 3 is 2.89 bits per heavy atom. The van der Waals surface area contributed by atoms with Crippen LogP contribution in [-0.2, 0) is 7.05 Å². The highest BCUT2D eigenvalue weighted by Gasteiger charge is 2.32. The van der Waals surface area contributed by atoms with Crippen LogP contribution in [0.4, 0.5) is 10.2 Å². The van der Waals surface area contributed by atoms with Crippen LogP contribution in [0.1, 0.15) is 30.9 Å². The summed E-state index contributed by atoms with van der Waals surface area (Å²) in [4.78, 5) is 8.39. The molecule has 2 aromatic heterocycles. The summed E-state index contributed by atoms with van der Waals surface area (Å²) in [5.41, 5.74) is 1.17. The van der Waals surface area contributed by atoms with E-state index in [0.29, 0.717) is 16.5 Å². The second kappa shape index (κ2) is 7.96. The highest BCUT2D eigenvalue weighted by molar-refractivity contribution is 8.00. The van der Waals surface area contributed by atoms with Crippen LogP contribution in [0.25, 0.3) is 0 Å². The molecule has 1 aliphatic carbocycles. The van der Waals surface area contributed by atoms with Gasteiger partial charge in [0, 0.05) is 37.1 Å². The molecule has 1 aromatic carbocycles. The lowest BCUT2D eigenvalue weighted by Crippen LogP contribution is -2.22. The number of nitrogens with zero attached hydrogens (tertiary/aromatic N) is 4. The minimum atomic E-state index is -0.325. The molecule has 2 heterocycles. The van der Waals surface area contributed by atoms with E-state index in [1.165, 1.54) is 30.0 Å². The Hall–Kier alpha value is -2.61. The van der Waals surface area contributed by atoms with Crippen molar-refractivity contribution in [2.45, 2.75) is 36.2 Å². The Balaban J connectivity index is 1.42. The summed E-state index contributed by atoms with van der Waals surface area (Å²) in [7, 11) is 1.95. The van der Waals surface area contributed by atoms with Crippen molar-refractivity contribution in [3.05, 3.63) is 60.6 Å². The van der Waals surface area contributed by atoms with Crippen LogP contribution >= 0.6 is 11.9 Å². The molecule has 1 saturated carbocycles. The molecule has 0 saturated heterocycles. The molecule has 4 rings (SSSR count). The zero-order valence-corrected chi connectivity index (χ0v) is 15.7. The molecule has 140 valence electrons. The molecule has 1 aliphatic rings. The van der Waals surface area contributed by atoms with Crippen LogP contribution in [0.3, 0.4) is 0 Å². The van der Waals surface area contributed by atoms with Crippen molar-refractivity contribution in [1.82, 2.24) is 19.7 Å². The predicted octanol–water partition coefficient (Wildman–Crippen LogP) is 4.18. The highest BCUT2D eigenvalue weighted by atomic mass is 32.2. The topological polar surface area (TPSA) is 64.9 Å². The Bertz CT molecular complexity index is 904. The number of rotatable bonds is 6. The summed E-state index contributed by atoms with van der Waals surface area (Å²) in [6, 6.07) is 8.73. The fraction of sp³-hybridized carbons (Fsp3) is 0.316. The number of ether oxygens (including phenoxy) is 1. The molecular formula is C19H20FN5OS. The number of hydrogen-bond acceptors (Lipinski definition) is 6. The maximum absolute atomic E-state index is 14.5. The van der Waals surface area contributed by atoms with Gasteiger partial charge in [0.25, 0.3) is 0 Å². The van der Waals surface area contributed by atoms with E-state index in [0.717, 1.165) is 19.3 Å². The standard InChI is InChI=1S/C19H20FN5OS/c1-25-16(7-10-23-25)14-3-2-4-17(14)26-13-5-6-18(15(20)11-13)27-24-19-8-9-21-12-22-19/h5-12,14,17H,2-4H2,1H3,(H,21,22,24)/t14-,17+/m1/s1. The van der Waals surface area contributed by atoms with E-state index >= 15 is 0 Å². The van der Waals surface area contributed by atoms with Crippen LogP contribution in [0, 0.1) is 5.82 Å². The van der Waals surface area contributed by atoms with Crippen molar-refractivity contribution in [2.24, 2.45) is 7.05 Å². The third-order valence-electron chi connectivity index (χ3n) is 4.73. The molecule has 1 N–H and O–H groups in total. The lowest BCUT2D eigenvalue weighted by atomic mass is 10.0. The molecule has 0 spiro atoms. The van der Waals surface area contributed by atoms with Crippen molar-refractivity contribution in [2.75, 3.05) is 4.72 Å². The molecular weight excluding hydrogens is 365 g/mol. The second-order valence-electron chi connectivity index (χ2n) is 6.46. The third-order valence-corrected chi connectivity index (χ3v) is 5.59. The predicted molar refractivity (Wildman–Crippen MR) is 102 cm³/mol. The molecule has 6 nitrogen and oxygen atoms in total. The Morgan fingerprint density at radius 2 is 2.15 bits per heavy atom. The van der Waals surface area contributed by atoms with Gasteiger partial charge in [0.05, 0.1) is 4.90 Å². The summed E-state index contributed by atoms with van der Waals surface area (Å²) in [6.07, 6.45) is 8.03. The molecule has 0 radical (unpaired) electrons. The second-order valence-corrected chi connectivity index (χ2v) is 7.31. The van der Waals surface area contributed by atoms with Gasteiger partial charge in [-0.1, -0.05) is 0 Å². The summed E-state index contributed by atoms with van der Waals surface area (Å²) < 4.78 is 25.5. The Morgan fingerprint density at radius 1 is 1.22 bits per heavy atom. The van der Waals surface area contributed by atoms with E-state index in [-0.39, 0.29) is 17.8 Å². The van der Waals surface area contributed by atoms with Crippen molar-refractivity contribution in [3.63, 3.8) is 0 Å². The number of aromatic nitrogens is 4. The largest absolute Gasteiger partial charge is 0.490 e. The molecule has 1 fully saturated rings. The quantitative estimate of drug-likeness (QED) is 0.642. The van der Waals surface area contributed by atoms with Gasteiger partial charge in [-0.05, 0) is 55.5 Å². The van der Waals surface area contributed by atoms with Crippen LogP contribution in [0.5, 0.6) is 5.75 Å². The van der Waals surface area contributed by atoms with Crippen LogP contribution < -0.4 is 9.46 Å². The molecule has 2 atom stereocenters. The fourth-order valence-electron chi connectivity index (χ4n) is 3.42. The first-order chi connectivity index (χ1) is 13.2. The van der Waals surface area contributed by atoms with Gasteiger partial charge < -0.3 is 9.46 Å². The van der Waals surface area contributed by atoms with Crippen LogP contribution in [0.15, 0.2) is 53.9 Å². The molecule has 27 heavy (non-hydrogen) atoms. The average molecular weight is 385 g/mol. The van der Waals surface area contributed by atoms with Gasteiger partial charge >= 0.3 is 0 Å². The third kappa shape index (κ3) is 4.05. The lowest BCUT2D eigenvalue weighted by molar-refractivity contribution is 0.186. The van der Waals surface area contributed by atoms with E-state index in [9.17, 15) is 4.39 Å². The van der Waals surface area contributed by atoms with Crippen molar-refractivity contribution in [3.8, 4) is 5.75 Å². The first kappa shape index (κ1) is 17.8. The van der Waals surface area contributed by atoms with Crippen LogP contribution in [0.2, 0.25) is 0 Å². The summed E-state index contributed by atoms with van der Waals surface area (Å²) in [5, 5.41) is 4.26. The van der Waals surface area contributed by atoms with Gasteiger partial charge in [-0.3, -0.25) is 4.68 Å². The number of nitrogens with one attached hydrogen (secondary N) is 1. The lowest BCUT2D eigenvalue weighted by Gasteiger charge is -2.21. The Labute approximate surface area is 161 Å². The van der Waals surface area contributed by atoms with Gasteiger partial charge in [-0.25, -0.2) is 14.4 Å². The molecule has 0 bridgehead atoms. The maximum atomic E-state index is 14.5. The van der Waals surface area contributed by atoms with E-state index in [4.69, 9.17) is 4.74 Å². The summed E-state index contributed by atoms with van der Waals surface area (Å²) >= 11 is 1.17. The molecule has 0 aliphatic heterocycles. The molecule has 3 aromatic rings. The zero-order chi connectivity index (χ0) is 18.6. The minimum absolute atomic E-state index is 0.0393. The maximum Gasteiger partial charge on any atom is 0.142 e. The van der Waals surface area contributed by atoms with Gasteiger partial charge in [-0.15, -0.1) is 0 Å². The van der Waals surface area contributed by atoms with E-state index < -0.39 is 0 Å². The summed E-state index contributed by atoms with van der Waals surface area (Å²) in [6.45, 7) is 0. The fourth-order valence-corrected chi connectivity index (χ4v) is 4.05. The van der Waals surface area contributed by atoms with Crippen molar-refractivity contribution < 1.29 is 9.13 Å². The zero-order valence-electron chi connectivity index (χ0n) is 14.9. The van der Waals surface area contributed by atoms with Gasteiger partial charge in [-0.2, -0.15) is 5.10 Å². The smallest absolute Gasteiger partial charge is 0.142 e. The number of halogens is 1. The van der Waals surface area contributed by atoms with Gasteiger partial charge in [0.2, 0.25) is 0 Å². The number of hydrogen-bond donors (Lipinski definition) is 1. The first-order valence-electron chi connectivity index (χ1n) is 8.83. The first-order valence-corrected chi connectivity index (χ1v) is 9.65. The van der Waals surface area contributed by atoms with Crippen molar-refractivity contribution >= 4 is 17.8 Å². The normalized spacial score (nSPS) is 19.2. The monoisotopic (exact) mass is 385 g/mol. The van der Waals surface area contributed by atoms with E-state index in [1.54, 1.807) is 24.5 Å². The van der Waals surface area contributed by atoms with E-state index in [2.05, 4.69) is 19.8 Å². The minimum Gasteiger partial charge on any atom is -0.490 e. The molecule has 8 heteroatoms.